The second-order valence-electron chi connectivity index (χ2n) is 13.2. The van der Waals surface area contributed by atoms with Crippen molar-refractivity contribution in [3.05, 3.63) is 80.6 Å². The number of ether oxygens (including phenoxy) is 5. The normalized spacial score (nSPS) is 27.6. The van der Waals surface area contributed by atoms with E-state index in [1.165, 1.54) is 0 Å². The molecular weight excluding hydrogens is 916 g/mol. The number of nitrogens with one attached hydrogen (secondary N) is 2. The van der Waals surface area contributed by atoms with E-state index >= 15 is 0 Å². The molecule has 3 aromatic rings. The van der Waals surface area contributed by atoms with Crippen molar-refractivity contribution in [3.8, 4) is 0 Å². The molecule has 0 saturated carbocycles. The molecule has 1 aromatic heterocycles. The number of phosphoric acid groups is 2. The van der Waals surface area contributed by atoms with E-state index in [0.29, 0.717) is 9.90 Å². The fourth-order valence-electron chi connectivity index (χ4n) is 5.80. The first-order valence-corrected chi connectivity index (χ1v) is 21.9. The van der Waals surface area contributed by atoms with Gasteiger partial charge in [-0.1, -0.05) is 46.3 Å². The smallest absolute Gasteiger partial charge is 0.459 e. The molecular formula is C33H42BrN3O21P2. The summed E-state index contributed by atoms with van der Waals surface area (Å²) in [5.74, 6) is -1.39. The lowest BCUT2D eigenvalue weighted by Crippen LogP contribution is -2.60. The van der Waals surface area contributed by atoms with E-state index in [4.69, 9.17) is 23.7 Å². The maximum Gasteiger partial charge on any atom is 0.483 e. The Kier molecular flexibility index (Phi) is 16.9. The molecule has 2 saturated heterocycles. The molecule has 2 aliphatic rings. The summed E-state index contributed by atoms with van der Waals surface area (Å²) in [6.45, 7) is -2.75. The van der Waals surface area contributed by atoms with Gasteiger partial charge in [0.05, 0.1) is 19.8 Å². The fraction of sp³-hybridized carbons (Fsp3) is 0.515. The Balaban J connectivity index is 0.995. The molecule has 2 unspecified atom stereocenters. The van der Waals surface area contributed by atoms with Crippen LogP contribution < -0.4 is 16.6 Å². The molecule has 0 bridgehead atoms. The van der Waals surface area contributed by atoms with Crippen LogP contribution in [0.4, 0.5) is 0 Å². The molecule has 11 atom stereocenters. The molecule has 9 N–H and O–H groups in total. The Bertz CT molecular complexity index is 2180. The van der Waals surface area contributed by atoms with Gasteiger partial charge in [-0.3, -0.25) is 28.2 Å². The zero-order valence-electron chi connectivity index (χ0n) is 31.0. The van der Waals surface area contributed by atoms with Crippen LogP contribution in [-0.4, -0.2) is 145 Å². The summed E-state index contributed by atoms with van der Waals surface area (Å²) >= 11 is 3.42. The first-order chi connectivity index (χ1) is 28.4. The number of benzene rings is 2. The third kappa shape index (κ3) is 13.1. The van der Waals surface area contributed by atoms with Crippen LogP contribution in [-0.2, 0) is 67.7 Å². The van der Waals surface area contributed by atoms with Gasteiger partial charge in [0.15, 0.2) is 12.5 Å². The number of alkyl halides is 1. The number of amides is 1. The van der Waals surface area contributed by atoms with E-state index in [2.05, 4.69) is 34.6 Å². The number of halogens is 1. The molecule has 1 amide bonds. The summed E-state index contributed by atoms with van der Waals surface area (Å²) in [6.07, 6.45) is -16.0. The Labute approximate surface area is 346 Å². The number of hydrogen-bond donors (Lipinski definition) is 9. The van der Waals surface area contributed by atoms with Gasteiger partial charge in [-0.2, -0.15) is 4.31 Å². The zero-order valence-corrected chi connectivity index (χ0v) is 34.4. The first-order valence-electron chi connectivity index (χ1n) is 17.7. The van der Waals surface area contributed by atoms with E-state index in [0.717, 1.165) is 34.2 Å². The van der Waals surface area contributed by atoms with Gasteiger partial charge in [-0.15, -0.1) is 0 Å². The summed E-state index contributed by atoms with van der Waals surface area (Å²) < 4.78 is 65.5. The van der Waals surface area contributed by atoms with Crippen LogP contribution in [0.3, 0.4) is 0 Å². The van der Waals surface area contributed by atoms with Crippen LogP contribution in [0.2, 0.25) is 0 Å². The van der Waals surface area contributed by atoms with Gasteiger partial charge in [0, 0.05) is 24.1 Å². The predicted molar refractivity (Wildman–Crippen MR) is 203 cm³/mol. The van der Waals surface area contributed by atoms with Crippen molar-refractivity contribution < 1.29 is 91.1 Å². The molecule has 24 nitrogen and oxygen atoms in total. The van der Waals surface area contributed by atoms with Crippen molar-refractivity contribution >= 4 is 54.2 Å². The monoisotopic (exact) mass is 957 g/mol. The largest absolute Gasteiger partial charge is 0.483 e. The van der Waals surface area contributed by atoms with Crippen molar-refractivity contribution in [1.29, 1.82) is 0 Å². The second kappa shape index (κ2) is 21.2. The standard InChI is InChI=1S/C33H42BrN3O21P2/c34-11-17-1-3-19-4-2-18(10-20(19)9-17)13-53-25(40)16-52-8-7-51-15-24(39)35-12-21-26(41)28(43)30(45)32(56-21)57-60(49,50)58-59(47,48)54-14-22-27(42)29(44)31(55-22)37-6-5-23(38)36-33(37)46/h1-6,9-10,21-22,26-32,41-45H,7-8,11-16H2,(H,35,39)(H,47,48)(H,49,50)(H,36,38,46)/t21-,22-,26+,27-,28+,29-,30-,31-,32-/m1/s1. The average molecular weight is 959 g/mol. The minimum Gasteiger partial charge on any atom is -0.459 e. The molecule has 0 radical (unpaired) electrons. The van der Waals surface area contributed by atoms with Crippen LogP contribution in [0.5, 0.6) is 0 Å². The number of carbonyl (C=O) groups is 2. The van der Waals surface area contributed by atoms with E-state index in [9.17, 15) is 63.6 Å². The lowest BCUT2D eigenvalue weighted by Gasteiger charge is -2.40. The zero-order chi connectivity index (χ0) is 43.8. The van der Waals surface area contributed by atoms with Crippen molar-refractivity contribution in [3.63, 3.8) is 0 Å². The molecule has 0 aliphatic carbocycles. The number of esters is 1. The molecule has 332 valence electrons. The average Bonchev–Trinajstić information content (AvgIpc) is 3.48. The minimum atomic E-state index is -5.75. The number of phosphoric ester groups is 2. The number of rotatable bonds is 20. The van der Waals surface area contributed by atoms with Gasteiger partial charge in [-0.05, 0) is 28.0 Å². The van der Waals surface area contributed by atoms with Crippen LogP contribution in [0.1, 0.15) is 17.4 Å². The molecule has 2 aromatic carbocycles. The number of aliphatic hydroxyl groups is 5. The van der Waals surface area contributed by atoms with E-state index in [1.54, 1.807) is 0 Å². The van der Waals surface area contributed by atoms with Gasteiger partial charge in [0.25, 0.3) is 5.56 Å². The molecule has 5 rings (SSSR count). The van der Waals surface area contributed by atoms with Crippen molar-refractivity contribution in [1.82, 2.24) is 14.9 Å². The third-order valence-electron chi connectivity index (χ3n) is 8.83. The highest BCUT2D eigenvalue weighted by Crippen LogP contribution is 2.61. The van der Waals surface area contributed by atoms with Crippen LogP contribution in [0.15, 0.2) is 58.3 Å². The molecule has 27 heteroatoms. The Morgan fingerprint density at radius 2 is 1.48 bits per heavy atom. The molecule has 60 heavy (non-hydrogen) atoms. The SMILES string of the molecule is O=C(COCCOCC(=O)OCc1ccc2ccc(CBr)cc2c1)NC[C@H]1O[C@H](OP(=O)(O)OP(=O)(O)OC[C@H]2O[C@@H](n3ccc(=O)[nH]c3=O)[C@H](O)[C@@H]2O)[C@H](O)[C@@H](O)[C@H]1O. The van der Waals surface area contributed by atoms with Crippen molar-refractivity contribution in [2.24, 2.45) is 0 Å². The third-order valence-corrected chi connectivity index (χ3v) is 12.1. The highest BCUT2D eigenvalue weighted by atomic mass is 79.9. The number of aliphatic hydroxyl groups excluding tert-OH is 5. The number of carbonyl (C=O) groups excluding carboxylic acids is 2. The first kappa shape index (κ1) is 47.7. The Morgan fingerprint density at radius 3 is 2.18 bits per heavy atom. The lowest BCUT2D eigenvalue weighted by atomic mass is 9.99. The lowest BCUT2D eigenvalue weighted by molar-refractivity contribution is -0.273. The molecule has 3 heterocycles. The van der Waals surface area contributed by atoms with Crippen LogP contribution >= 0.6 is 31.6 Å². The maximum atomic E-state index is 12.7. The van der Waals surface area contributed by atoms with Gasteiger partial charge in [-0.25, -0.2) is 18.7 Å². The highest BCUT2D eigenvalue weighted by Gasteiger charge is 2.50. The van der Waals surface area contributed by atoms with Gasteiger partial charge in [0.1, 0.15) is 62.5 Å². The van der Waals surface area contributed by atoms with Crippen LogP contribution in [0, 0.1) is 0 Å². The van der Waals surface area contributed by atoms with Gasteiger partial charge in [0.2, 0.25) is 5.91 Å². The quantitative estimate of drug-likeness (QED) is 0.0260. The van der Waals surface area contributed by atoms with E-state index in [-0.39, 0.29) is 26.4 Å². The number of aromatic amines is 1. The number of nitrogens with zero attached hydrogens (tertiary/aromatic N) is 1. The molecule has 0 spiro atoms. The summed E-state index contributed by atoms with van der Waals surface area (Å²) in [4.78, 5) is 70.0. The van der Waals surface area contributed by atoms with Gasteiger partial charge >= 0.3 is 27.3 Å². The molecule has 2 aliphatic heterocycles. The van der Waals surface area contributed by atoms with Crippen molar-refractivity contribution in [2.45, 2.75) is 67.2 Å². The number of hydrogen-bond acceptors (Lipinski definition) is 19. The molecule has 2 fully saturated rings. The van der Waals surface area contributed by atoms with E-state index < -0.39 is 114 Å². The summed E-state index contributed by atoms with van der Waals surface area (Å²) in [7, 11) is -11.4. The second-order valence-corrected chi connectivity index (χ2v) is 16.8. The summed E-state index contributed by atoms with van der Waals surface area (Å²) in [6, 6.07) is 12.6. The number of aromatic nitrogens is 2. The Morgan fingerprint density at radius 1 is 0.817 bits per heavy atom. The minimum absolute atomic E-state index is 0.0361. The number of fused-ring (bicyclic) bond motifs is 1. The van der Waals surface area contributed by atoms with E-state index in [1.807, 2.05) is 41.4 Å². The number of H-pyrrole nitrogens is 1. The Hall–Kier alpha value is -3.30. The fourth-order valence-corrected chi connectivity index (χ4v) is 8.30. The summed E-state index contributed by atoms with van der Waals surface area (Å²) in [5, 5.41) is 56.6. The predicted octanol–water partition coefficient (Wildman–Crippen LogP) is -1.85. The van der Waals surface area contributed by atoms with Crippen LogP contribution in [0.25, 0.3) is 10.8 Å². The maximum absolute atomic E-state index is 12.7. The topological polar surface area (TPSA) is 351 Å². The summed E-state index contributed by atoms with van der Waals surface area (Å²) in [5.41, 5.74) is 0.101. The van der Waals surface area contributed by atoms with Gasteiger partial charge < -0.3 is 64.3 Å². The van der Waals surface area contributed by atoms with Crippen molar-refractivity contribution in [2.75, 3.05) is 39.6 Å². The highest BCUT2D eigenvalue weighted by molar-refractivity contribution is 9.08.